The molecule has 2 heteroatoms. The molecule has 1 unspecified atom stereocenters. The average Bonchev–Trinajstić information content (AvgIpc) is 2.19. The van der Waals surface area contributed by atoms with E-state index in [0.717, 1.165) is 12.0 Å². The van der Waals surface area contributed by atoms with E-state index in [0.29, 0.717) is 6.42 Å². The summed E-state index contributed by atoms with van der Waals surface area (Å²) in [5.41, 5.74) is 0.947. The molecule has 0 saturated carbocycles. The van der Waals surface area contributed by atoms with E-state index in [1.807, 2.05) is 13.1 Å². The summed E-state index contributed by atoms with van der Waals surface area (Å²) in [6.07, 6.45) is 6.71. The van der Waals surface area contributed by atoms with E-state index in [1.54, 1.807) is 6.07 Å². The topological polar surface area (TPSA) is 12.0 Å². The van der Waals surface area contributed by atoms with Crippen molar-refractivity contribution in [2.24, 2.45) is 0 Å². The van der Waals surface area contributed by atoms with Crippen LogP contribution in [-0.4, -0.2) is 7.05 Å². The lowest BCUT2D eigenvalue weighted by Gasteiger charge is -2.15. The van der Waals surface area contributed by atoms with Gasteiger partial charge in [-0.1, -0.05) is 12.1 Å². The van der Waals surface area contributed by atoms with Gasteiger partial charge in [-0.3, -0.25) is 0 Å². The quantitative estimate of drug-likeness (QED) is 0.721. The molecular formula is C12H14FN. The third-order valence-electron chi connectivity index (χ3n) is 2.18. The van der Waals surface area contributed by atoms with Crippen molar-refractivity contribution < 1.29 is 4.39 Å². The number of hydrogen-bond acceptors (Lipinski definition) is 1. The molecule has 14 heavy (non-hydrogen) atoms. The highest BCUT2D eigenvalue weighted by atomic mass is 19.1. The Bertz CT molecular complexity index is 327. The molecule has 1 rings (SSSR count). The molecule has 0 aliphatic rings. The molecule has 0 heterocycles. The van der Waals surface area contributed by atoms with Crippen LogP contribution in [0, 0.1) is 18.2 Å². The third-order valence-corrected chi connectivity index (χ3v) is 2.18. The van der Waals surface area contributed by atoms with Crippen LogP contribution in [0.15, 0.2) is 24.3 Å². The van der Waals surface area contributed by atoms with Crippen molar-refractivity contribution in [3.05, 3.63) is 35.6 Å². The molecule has 0 aromatic heterocycles. The molecule has 0 radical (unpaired) electrons. The van der Waals surface area contributed by atoms with Gasteiger partial charge in [0.15, 0.2) is 0 Å². The molecule has 1 nitrogen and oxygen atoms in total. The van der Waals surface area contributed by atoms with Crippen LogP contribution in [0.25, 0.3) is 0 Å². The Hall–Kier alpha value is -1.33. The van der Waals surface area contributed by atoms with Crippen molar-refractivity contribution in [2.45, 2.75) is 18.9 Å². The van der Waals surface area contributed by atoms with Gasteiger partial charge in [0, 0.05) is 12.5 Å². The highest BCUT2D eigenvalue weighted by Crippen LogP contribution is 2.18. The van der Waals surface area contributed by atoms with Gasteiger partial charge in [-0.25, -0.2) is 4.39 Å². The molecule has 0 fully saturated rings. The predicted octanol–water partition coefficient (Wildman–Crippen LogP) is 2.50. The monoisotopic (exact) mass is 191 g/mol. The second-order valence-electron chi connectivity index (χ2n) is 3.14. The molecule has 1 aromatic carbocycles. The summed E-state index contributed by atoms with van der Waals surface area (Å²) in [4.78, 5) is 0. The summed E-state index contributed by atoms with van der Waals surface area (Å²) in [5, 5.41) is 3.12. The summed E-state index contributed by atoms with van der Waals surface area (Å²) in [6, 6.07) is 6.74. The minimum absolute atomic E-state index is 0.141. The predicted molar refractivity (Wildman–Crippen MR) is 56.3 cm³/mol. The first-order chi connectivity index (χ1) is 6.77. The molecule has 1 atom stereocenters. The van der Waals surface area contributed by atoms with Crippen molar-refractivity contribution in [1.29, 1.82) is 0 Å². The third kappa shape index (κ3) is 2.86. The van der Waals surface area contributed by atoms with Gasteiger partial charge in [-0.2, -0.15) is 0 Å². The Morgan fingerprint density at radius 3 is 2.93 bits per heavy atom. The summed E-state index contributed by atoms with van der Waals surface area (Å²) in [5.74, 6) is 2.38. The van der Waals surface area contributed by atoms with Crippen molar-refractivity contribution in [2.75, 3.05) is 7.05 Å². The van der Waals surface area contributed by atoms with Gasteiger partial charge < -0.3 is 5.32 Å². The van der Waals surface area contributed by atoms with Crippen LogP contribution in [-0.2, 0) is 0 Å². The fourth-order valence-corrected chi connectivity index (χ4v) is 1.43. The Morgan fingerprint density at radius 2 is 2.36 bits per heavy atom. The molecular weight excluding hydrogens is 177 g/mol. The molecule has 0 saturated heterocycles. The van der Waals surface area contributed by atoms with Crippen molar-refractivity contribution in [3.63, 3.8) is 0 Å². The number of halogens is 1. The maximum Gasteiger partial charge on any atom is 0.123 e. The second kappa shape index (κ2) is 5.41. The van der Waals surface area contributed by atoms with Gasteiger partial charge in [0.1, 0.15) is 5.82 Å². The molecule has 74 valence electrons. The van der Waals surface area contributed by atoms with Gasteiger partial charge in [0.05, 0.1) is 0 Å². The molecule has 1 N–H and O–H groups in total. The van der Waals surface area contributed by atoms with Crippen LogP contribution < -0.4 is 5.32 Å². The Balaban J connectivity index is 2.74. The minimum Gasteiger partial charge on any atom is -0.313 e. The standard InChI is InChI=1S/C12H14FN/c1-3-4-8-12(14-2)10-6-5-7-11(13)9-10/h1,5-7,9,12,14H,4,8H2,2H3. The van der Waals surface area contributed by atoms with Crippen molar-refractivity contribution in [1.82, 2.24) is 5.32 Å². The molecule has 1 aromatic rings. The first kappa shape index (κ1) is 10.7. The number of hydrogen-bond donors (Lipinski definition) is 1. The minimum atomic E-state index is -0.205. The van der Waals surface area contributed by atoms with Crippen molar-refractivity contribution >= 4 is 0 Å². The SMILES string of the molecule is C#CCCC(NC)c1cccc(F)c1. The molecule has 0 amide bonds. The van der Waals surface area contributed by atoms with Gasteiger partial charge >= 0.3 is 0 Å². The Labute approximate surface area is 84.3 Å². The first-order valence-corrected chi connectivity index (χ1v) is 4.64. The van der Waals surface area contributed by atoms with Gasteiger partial charge in [-0.05, 0) is 31.2 Å². The number of benzene rings is 1. The average molecular weight is 191 g/mol. The zero-order valence-electron chi connectivity index (χ0n) is 8.26. The van der Waals surface area contributed by atoms with E-state index < -0.39 is 0 Å². The fourth-order valence-electron chi connectivity index (χ4n) is 1.43. The smallest absolute Gasteiger partial charge is 0.123 e. The Morgan fingerprint density at radius 1 is 1.57 bits per heavy atom. The van der Waals surface area contributed by atoms with E-state index in [4.69, 9.17) is 6.42 Å². The van der Waals surface area contributed by atoms with E-state index in [-0.39, 0.29) is 11.9 Å². The van der Waals surface area contributed by atoms with Gasteiger partial charge in [-0.15, -0.1) is 12.3 Å². The van der Waals surface area contributed by atoms with E-state index >= 15 is 0 Å². The van der Waals surface area contributed by atoms with E-state index in [9.17, 15) is 4.39 Å². The lowest BCUT2D eigenvalue weighted by Crippen LogP contribution is -2.16. The number of terminal acetylenes is 1. The maximum absolute atomic E-state index is 12.9. The van der Waals surface area contributed by atoms with Crippen LogP contribution in [0.5, 0.6) is 0 Å². The van der Waals surface area contributed by atoms with Crippen LogP contribution in [0.1, 0.15) is 24.4 Å². The number of rotatable bonds is 4. The zero-order valence-corrected chi connectivity index (χ0v) is 8.26. The van der Waals surface area contributed by atoms with Crippen molar-refractivity contribution in [3.8, 4) is 12.3 Å². The summed E-state index contributed by atoms with van der Waals surface area (Å²) >= 11 is 0. The zero-order chi connectivity index (χ0) is 10.4. The summed E-state index contributed by atoms with van der Waals surface area (Å²) in [6.45, 7) is 0. The van der Waals surface area contributed by atoms with E-state index in [1.165, 1.54) is 12.1 Å². The highest BCUT2D eigenvalue weighted by Gasteiger charge is 2.08. The van der Waals surface area contributed by atoms with Crippen LogP contribution in [0.4, 0.5) is 4.39 Å². The molecule has 0 aliphatic carbocycles. The Kier molecular flexibility index (Phi) is 4.15. The van der Waals surface area contributed by atoms with Gasteiger partial charge in [0.2, 0.25) is 0 Å². The lowest BCUT2D eigenvalue weighted by atomic mass is 10.0. The number of nitrogens with one attached hydrogen (secondary N) is 1. The fraction of sp³-hybridized carbons (Fsp3) is 0.333. The highest BCUT2D eigenvalue weighted by molar-refractivity contribution is 5.20. The van der Waals surface area contributed by atoms with Crippen LogP contribution in [0.3, 0.4) is 0 Å². The largest absolute Gasteiger partial charge is 0.313 e. The van der Waals surface area contributed by atoms with Gasteiger partial charge in [0.25, 0.3) is 0 Å². The van der Waals surface area contributed by atoms with Crippen LogP contribution >= 0.6 is 0 Å². The first-order valence-electron chi connectivity index (χ1n) is 4.64. The summed E-state index contributed by atoms with van der Waals surface area (Å²) < 4.78 is 12.9. The lowest BCUT2D eigenvalue weighted by molar-refractivity contribution is 0.550. The molecule has 0 bridgehead atoms. The summed E-state index contributed by atoms with van der Waals surface area (Å²) in [7, 11) is 1.85. The van der Waals surface area contributed by atoms with Crippen LogP contribution in [0.2, 0.25) is 0 Å². The normalized spacial score (nSPS) is 12.1. The van der Waals surface area contributed by atoms with E-state index in [2.05, 4.69) is 11.2 Å². The molecule has 0 aliphatic heterocycles. The second-order valence-corrected chi connectivity index (χ2v) is 3.14. The molecule has 0 spiro atoms. The maximum atomic E-state index is 12.9.